The molecule has 1 aliphatic rings. The highest BCUT2D eigenvalue weighted by molar-refractivity contribution is 5.83. The Balaban J connectivity index is 1.88. The molecule has 6 heteroatoms. The average molecular weight is 357 g/mol. The molecular formula is C20H27N3O3. The Hall–Kier alpha value is -2.05. The molecule has 1 aromatic carbocycles. The molecular weight excluding hydrogens is 330 g/mol. The fourth-order valence-electron chi connectivity index (χ4n) is 3.58. The number of carbonyl (C=O) groups is 1. The number of ketones is 1. The van der Waals surface area contributed by atoms with Crippen molar-refractivity contribution in [2.45, 2.75) is 64.1 Å². The SMILES string of the molecule is CC(C)(C)c1cccc2ncn(CC(=O)C[C@H]3NCCC[C@@H]3O)c(=O)c12. The van der Waals surface area contributed by atoms with Gasteiger partial charge in [0.25, 0.3) is 5.56 Å². The Labute approximate surface area is 153 Å². The maximum Gasteiger partial charge on any atom is 0.261 e. The Morgan fingerprint density at radius 3 is 2.85 bits per heavy atom. The third-order valence-electron chi connectivity index (χ3n) is 5.00. The van der Waals surface area contributed by atoms with Crippen molar-refractivity contribution >= 4 is 16.7 Å². The quantitative estimate of drug-likeness (QED) is 0.871. The van der Waals surface area contributed by atoms with Crippen LogP contribution in [-0.4, -0.2) is 39.1 Å². The molecule has 0 amide bonds. The van der Waals surface area contributed by atoms with Crippen LogP contribution in [0, 0.1) is 0 Å². The standard InChI is InChI=1S/C20H27N3O3/c1-20(2,3)14-6-4-7-15-18(14)19(26)23(12-22-15)11-13(24)10-16-17(25)8-5-9-21-16/h4,6-7,12,16-17,21,25H,5,8-11H2,1-3H3/t16-,17+/m1/s1. The molecule has 2 aromatic rings. The van der Waals surface area contributed by atoms with Crippen molar-refractivity contribution in [2.24, 2.45) is 0 Å². The van der Waals surface area contributed by atoms with E-state index in [2.05, 4.69) is 31.1 Å². The van der Waals surface area contributed by atoms with Crippen LogP contribution in [0.3, 0.4) is 0 Å². The number of Topliss-reactive ketones (excluding diaryl/α,β-unsaturated/α-hetero) is 1. The number of rotatable bonds is 4. The zero-order valence-electron chi connectivity index (χ0n) is 15.7. The van der Waals surface area contributed by atoms with Crippen LogP contribution in [0.1, 0.15) is 45.6 Å². The second kappa shape index (κ2) is 7.29. The smallest absolute Gasteiger partial charge is 0.261 e. The van der Waals surface area contributed by atoms with Crippen molar-refractivity contribution in [3.05, 3.63) is 40.4 Å². The summed E-state index contributed by atoms with van der Waals surface area (Å²) in [6.07, 6.45) is 2.77. The summed E-state index contributed by atoms with van der Waals surface area (Å²) in [6.45, 7) is 6.95. The largest absolute Gasteiger partial charge is 0.391 e. The molecule has 26 heavy (non-hydrogen) atoms. The Morgan fingerprint density at radius 1 is 1.38 bits per heavy atom. The number of carbonyl (C=O) groups excluding carboxylic acids is 1. The van der Waals surface area contributed by atoms with Crippen LogP contribution in [0.4, 0.5) is 0 Å². The summed E-state index contributed by atoms with van der Waals surface area (Å²) in [7, 11) is 0. The number of nitrogens with zero attached hydrogens (tertiary/aromatic N) is 2. The first-order chi connectivity index (χ1) is 12.3. The minimum atomic E-state index is -0.508. The van der Waals surface area contributed by atoms with Gasteiger partial charge in [-0.1, -0.05) is 32.9 Å². The van der Waals surface area contributed by atoms with Gasteiger partial charge >= 0.3 is 0 Å². The van der Waals surface area contributed by atoms with Gasteiger partial charge in [-0.05, 0) is 36.4 Å². The van der Waals surface area contributed by atoms with Crippen LogP contribution < -0.4 is 10.9 Å². The minimum Gasteiger partial charge on any atom is -0.391 e. The van der Waals surface area contributed by atoms with Crippen LogP contribution >= 0.6 is 0 Å². The fraction of sp³-hybridized carbons (Fsp3) is 0.550. The molecule has 6 nitrogen and oxygen atoms in total. The molecule has 0 spiro atoms. The summed E-state index contributed by atoms with van der Waals surface area (Å²) in [5.74, 6) is -0.0834. The van der Waals surface area contributed by atoms with Gasteiger partial charge in [-0.15, -0.1) is 0 Å². The first-order valence-corrected chi connectivity index (χ1v) is 9.19. The number of nitrogens with one attached hydrogen (secondary N) is 1. The fourth-order valence-corrected chi connectivity index (χ4v) is 3.58. The molecule has 3 rings (SSSR count). The van der Waals surface area contributed by atoms with Crippen molar-refractivity contribution < 1.29 is 9.90 Å². The van der Waals surface area contributed by atoms with Crippen LogP contribution in [0.2, 0.25) is 0 Å². The molecule has 2 atom stereocenters. The van der Waals surface area contributed by atoms with E-state index in [0.717, 1.165) is 18.5 Å². The zero-order valence-corrected chi connectivity index (χ0v) is 15.7. The van der Waals surface area contributed by atoms with Crippen LogP contribution in [-0.2, 0) is 16.8 Å². The van der Waals surface area contributed by atoms with E-state index in [1.807, 2.05) is 18.2 Å². The predicted molar refractivity (Wildman–Crippen MR) is 101 cm³/mol. The molecule has 0 unspecified atom stereocenters. The van der Waals surface area contributed by atoms with E-state index in [4.69, 9.17) is 0 Å². The lowest BCUT2D eigenvalue weighted by molar-refractivity contribution is -0.121. The zero-order chi connectivity index (χ0) is 18.9. The third-order valence-corrected chi connectivity index (χ3v) is 5.00. The number of aromatic nitrogens is 2. The van der Waals surface area contributed by atoms with Gasteiger partial charge in [-0.25, -0.2) is 4.98 Å². The average Bonchev–Trinajstić information content (AvgIpc) is 2.58. The summed E-state index contributed by atoms with van der Waals surface area (Å²) in [5.41, 5.74) is 1.19. The Bertz CT molecular complexity index is 867. The predicted octanol–water partition coefficient (Wildman–Crippen LogP) is 1.77. The summed E-state index contributed by atoms with van der Waals surface area (Å²) < 4.78 is 1.38. The van der Waals surface area contributed by atoms with Gasteiger partial charge in [0.2, 0.25) is 0 Å². The Kier molecular flexibility index (Phi) is 5.25. The molecule has 0 aliphatic carbocycles. The van der Waals surface area contributed by atoms with Crippen LogP contribution in [0.15, 0.2) is 29.3 Å². The molecule has 2 N–H and O–H groups in total. The van der Waals surface area contributed by atoms with E-state index in [9.17, 15) is 14.7 Å². The van der Waals surface area contributed by atoms with Gasteiger partial charge in [0.05, 0.1) is 29.9 Å². The second-order valence-electron chi connectivity index (χ2n) is 8.14. The summed E-state index contributed by atoms with van der Waals surface area (Å²) in [6, 6.07) is 5.44. The number of aliphatic hydroxyl groups excluding tert-OH is 1. The van der Waals surface area contributed by atoms with E-state index >= 15 is 0 Å². The molecule has 1 fully saturated rings. The van der Waals surface area contributed by atoms with Crippen LogP contribution in [0.25, 0.3) is 10.9 Å². The van der Waals surface area contributed by atoms with Crippen molar-refractivity contribution in [3.63, 3.8) is 0 Å². The summed E-state index contributed by atoms with van der Waals surface area (Å²) in [4.78, 5) is 29.8. The molecule has 0 radical (unpaired) electrons. The number of hydrogen-bond acceptors (Lipinski definition) is 5. The van der Waals surface area contributed by atoms with Crippen molar-refractivity contribution in [3.8, 4) is 0 Å². The van der Waals surface area contributed by atoms with Crippen LogP contribution in [0.5, 0.6) is 0 Å². The molecule has 1 aliphatic heterocycles. The Morgan fingerprint density at radius 2 is 2.15 bits per heavy atom. The second-order valence-corrected chi connectivity index (χ2v) is 8.14. The van der Waals surface area contributed by atoms with E-state index in [-0.39, 0.29) is 35.8 Å². The number of fused-ring (bicyclic) bond motifs is 1. The lowest BCUT2D eigenvalue weighted by Crippen LogP contribution is -2.46. The highest BCUT2D eigenvalue weighted by Crippen LogP contribution is 2.27. The van der Waals surface area contributed by atoms with Gasteiger partial charge in [-0.3, -0.25) is 14.2 Å². The maximum absolute atomic E-state index is 13.0. The monoisotopic (exact) mass is 357 g/mol. The molecule has 2 heterocycles. The van der Waals surface area contributed by atoms with Crippen molar-refractivity contribution in [1.29, 1.82) is 0 Å². The van der Waals surface area contributed by atoms with E-state index in [1.54, 1.807) is 0 Å². The van der Waals surface area contributed by atoms with Gasteiger partial charge < -0.3 is 10.4 Å². The van der Waals surface area contributed by atoms with E-state index < -0.39 is 6.10 Å². The highest BCUT2D eigenvalue weighted by atomic mass is 16.3. The number of aliphatic hydroxyl groups is 1. The molecule has 1 saturated heterocycles. The third kappa shape index (κ3) is 3.86. The normalized spacial score (nSPS) is 21.1. The van der Waals surface area contributed by atoms with Gasteiger partial charge in [0, 0.05) is 12.5 Å². The molecule has 0 saturated carbocycles. The maximum atomic E-state index is 13.0. The number of hydrogen-bond donors (Lipinski definition) is 2. The first-order valence-electron chi connectivity index (χ1n) is 9.19. The molecule has 140 valence electrons. The lowest BCUT2D eigenvalue weighted by Gasteiger charge is -2.28. The first kappa shape index (κ1) is 18.7. The minimum absolute atomic E-state index is 0.0227. The number of piperidine rings is 1. The highest BCUT2D eigenvalue weighted by Gasteiger charge is 2.25. The topological polar surface area (TPSA) is 84.2 Å². The summed E-state index contributed by atoms with van der Waals surface area (Å²) >= 11 is 0. The molecule has 0 bridgehead atoms. The van der Waals surface area contributed by atoms with Gasteiger partial charge in [0.1, 0.15) is 0 Å². The van der Waals surface area contributed by atoms with Crippen molar-refractivity contribution in [1.82, 2.24) is 14.9 Å². The molecule has 1 aromatic heterocycles. The van der Waals surface area contributed by atoms with Gasteiger partial charge in [-0.2, -0.15) is 0 Å². The van der Waals surface area contributed by atoms with Gasteiger partial charge in [0.15, 0.2) is 5.78 Å². The number of benzene rings is 1. The van der Waals surface area contributed by atoms with E-state index in [1.165, 1.54) is 10.9 Å². The van der Waals surface area contributed by atoms with Crippen molar-refractivity contribution in [2.75, 3.05) is 6.54 Å². The summed E-state index contributed by atoms with van der Waals surface area (Å²) in [5, 5.41) is 13.8. The van der Waals surface area contributed by atoms with E-state index in [0.29, 0.717) is 17.3 Å². The lowest BCUT2D eigenvalue weighted by atomic mass is 9.85.